The number of nitrogens with two attached hydrogens (primary N) is 1. The van der Waals surface area contributed by atoms with E-state index in [1.165, 1.54) is 0 Å². The second-order valence-electron chi connectivity index (χ2n) is 3.89. The van der Waals surface area contributed by atoms with Crippen LogP contribution in [0.3, 0.4) is 0 Å². The monoisotopic (exact) mass is 215 g/mol. The number of carboxylic acid groups (broad SMARTS) is 1. The summed E-state index contributed by atoms with van der Waals surface area (Å²) in [4.78, 5) is 21.3. The second kappa shape index (κ2) is 8.26. The number of amides is 1. The molecule has 0 aliphatic heterocycles. The third-order valence-corrected chi connectivity index (χ3v) is 2.48. The van der Waals surface area contributed by atoms with Crippen LogP contribution in [0.1, 0.15) is 51.9 Å². The van der Waals surface area contributed by atoms with E-state index >= 15 is 0 Å². The summed E-state index contributed by atoms with van der Waals surface area (Å²) in [5.74, 6) is -1.42. The van der Waals surface area contributed by atoms with Crippen molar-refractivity contribution in [1.29, 1.82) is 0 Å². The van der Waals surface area contributed by atoms with Crippen LogP contribution in [0.4, 0.5) is 0 Å². The fourth-order valence-electron chi connectivity index (χ4n) is 1.55. The van der Waals surface area contributed by atoms with E-state index < -0.39 is 5.97 Å². The number of primary amides is 1. The topological polar surface area (TPSA) is 80.4 Å². The summed E-state index contributed by atoms with van der Waals surface area (Å²) in [5.41, 5.74) is 4.99. The molecule has 1 amide bonds. The standard InChI is InChI=1S/C11H21NO3/c1-2-3-4-6-9(11(14)15)7-5-8-10(12)13/h9H,2-8H2,1H3,(H2,12,13)(H,14,15). The molecular formula is C11H21NO3. The van der Waals surface area contributed by atoms with Crippen molar-refractivity contribution >= 4 is 11.9 Å². The molecule has 0 saturated heterocycles. The molecule has 0 fully saturated rings. The molecule has 15 heavy (non-hydrogen) atoms. The number of aliphatic carboxylic acids is 1. The maximum Gasteiger partial charge on any atom is 0.306 e. The number of unbranched alkanes of at least 4 members (excludes halogenated alkanes) is 2. The molecule has 4 nitrogen and oxygen atoms in total. The van der Waals surface area contributed by atoms with Gasteiger partial charge in [0, 0.05) is 6.42 Å². The van der Waals surface area contributed by atoms with Gasteiger partial charge < -0.3 is 10.8 Å². The number of rotatable bonds is 9. The maximum absolute atomic E-state index is 10.9. The van der Waals surface area contributed by atoms with E-state index in [0.717, 1.165) is 19.3 Å². The molecule has 1 unspecified atom stereocenters. The highest BCUT2D eigenvalue weighted by molar-refractivity contribution is 5.74. The molecule has 1 atom stereocenters. The molecule has 88 valence electrons. The molecule has 0 aromatic carbocycles. The lowest BCUT2D eigenvalue weighted by Crippen LogP contribution is -2.16. The van der Waals surface area contributed by atoms with Gasteiger partial charge in [-0.2, -0.15) is 0 Å². The minimum Gasteiger partial charge on any atom is -0.481 e. The van der Waals surface area contributed by atoms with E-state index in [0.29, 0.717) is 19.3 Å². The van der Waals surface area contributed by atoms with Crippen LogP contribution in [-0.2, 0) is 9.59 Å². The zero-order chi connectivity index (χ0) is 11.7. The Balaban J connectivity index is 3.73. The van der Waals surface area contributed by atoms with Crippen molar-refractivity contribution in [2.24, 2.45) is 11.7 Å². The van der Waals surface area contributed by atoms with Crippen LogP contribution >= 0.6 is 0 Å². The first kappa shape index (κ1) is 13.9. The van der Waals surface area contributed by atoms with E-state index in [1.807, 2.05) is 0 Å². The van der Waals surface area contributed by atoms with Crippen molar-refractivity contribution in [3.05, 3.63) is 0 Å². The lowest BCUT2D eigenvalue weighted by molar-refractivity contribution is -0.142. The van der Waals surface area contributed by atoms with Crippen LogP contribution in [0.15, 0.2) is 0 Å². The fraction of sp³-hybridized carbons (Fsp3) is 0.818. The predicted octanol–water partition coefficient (Wildman–Crippen LogP) is 1.92. The molecular weight excluding hydrogens is 194 g/mol. The second-order valence-corrected chi connectivity index (χ2v) is 3.89. The van der Waals surface area contributed by atoms with Crippen LogP contribution < -0.4 is 5.73 Å². The summed E-state index contributed by atoms with van der Waals surface area (Å²) in [6, 6.07) is 0. The molecule has 0 saturated carbocycles. The van der Waals surface area contributed by atoms with E-state index in [-0.39, 0.29) is 18.2 Å². The Kier molecular flexibility index (Phi) is 7.68. The average Bonchev–Trinajstić information content (AvgIpc) is 2.15. The SMILES string of the molecule is CCCCCC(CCCC(N)=O)C(=O)O. The quantitative estimate of drug-likeness (QED) is 0.576. The van der Waals surface area contributed by atoms with Crippen LogP contribution in [0.25, 0.3) is 0 Å². The summed E-state index contributed by atoms with van der Waals surface area (Å²) in [7, 11) is 0. The molecule has 0 aromatic rings. The zero-order valence-electron chi connectivity index (χ0n) is 9.37. The molecule has 0 bridgehead atoms. The Bertz CT molecular complexity index is 204. The Morgan fingerprint density at radius 3 is 2.27 bits per heavy atom. The Labute approximate surface area is 90.8 Å². The highest BCUT2D eigenvalue weighted by atomic mass is 16.4. The van der Waals surface area contributed by atoms with Crippen LogP contribution in [0.2, 0.25) is 0 Å². The number of hydrogen-bond acceptors (Lipinski definition) is 2. The van der Waals surface area contributed by atoms with Gasteiger partial charge in [0.25, 0.3) is 0 Å². The van der Waals surface area contributed by atoms with Gasteiger partial charge in [0.2, 0.25) is 5.91 Å². The number of carboxylic acids is 1. The fourth-order valence-corrected chi connectivity index (χ4v) is 1.55. The Morgan fingerprint density at radius 2 is 1.80 bits per heavy atom. The van der Waals surface area contributed by atoms with Crippen molar-refractivity contribution in [2.45, 2.75) is 51.9 Å². The predicted molar refractivity (Wildman–Crippen MR) is 58.3 cm³/mol. The zero-order valence-corrected chi connectivity index (χ0v) is 9.37. The summed E-state index contributed by atoms with van der Waals surface area (Å²) in [5, 5.41) is 8.92. The molecule has 0 spiro atoms. The van der Waals surface area contributed by atoms with Gasteiger partial charge >= 0.3 is 5.97 Å². The van der Waals surface area contributed by atoms with Crippen molar-refractivity contribution in [2.75, 3.05) is 0 Å². The highest BCUT2D eigenvalue weighted by Gasteiger charge is 2.16. The summed E-state index contributed by atoms with van der Waals surface area (Å²) >= 11 is 0. The Hall–Kier alpha value is -1.06. The number of carbonyl (C=O) groups is 2. The molecule has 4 heteroatoms. The van der Waals surface area contributed by atoms with E-state index in [1.54, 1.807) is 0 Å². The van der Waals surface area contributed by atoms with Gasteiger partial charge in [0.1, 0.15) is 0 Å². The third kappa shape index (κ3) is 7.97. The van der Waals surface area contributed by atoms with E-state index in [4.69, 9.17) is 10.8 Å². The number of carbonyl (C=O) groups excluding carboxylic acids is 1. The van der Waals surface area contributed by atoms with Crippen molar-refractivity contribution in [3.63, 3.8) is 0 Å². The Morgan fingerprint density at radius 1 is 1.20 bits per heavy atom. The van der Waals surface area contributed by atoms with Gasteiger partial charge in [-0.05, 0) is 19.3 Å². The van der Waals surface area contributed by atoms with Crippen molar-refractivity contribution < 1.29 is 14.7 Å². The van der Waals surface area contributed by atoms with E-state index in [2.05, 4.69) is 6.92 Å². The third-order valence-electron chi connectivity index (χ3n) is 2.48. The molecule has 3 N–H and O–H groups in total. The first-order chi connectivity index (χ1) is 7.07. The maximum atomic E-state index is 10.9. The summed E-state index contributed by atoms with van der Waals surface area (Å²) < 4.78 is 0. The van der Waals surface area contributed by atoms with Gasteiger partial charge in [-0.25, -0.2) is 0 Å². The molecule has 0 rings (SSSR count). The minimum atomic E-state index is -0.754. The van der Waals surface area contributed by atoms with Gasteiger partial charge in [-0.1, -0.05) is 26.2 Å². The molecule has 0 heterocycles. The van der Waals surface area contributed by atoms with Crippen LogP contribution in [0, 0.1) is 5.92 Å². The molecule has 0 aromatic heterocycles. The van der Waals surface area contributed by atoms with E-state index in [9.17, 15) is 9.59 Å². The number of hydrogen-bond donors (Lipinski definition) is 2. The highest BCUT2D eigenvalue weighted by Crippen LogP contribution is 2.16. The van der Waals surface area contributed by atoms with Crippen LogP contribution in [0.5, 0.6) is 0 Å². The van der Waals surface area contributed by atoms with Crippen LogP contribution in [-0.4, -0.2) is 17.0 Å². The molecule has 0 aliphatic rings. The smallest absolute Gasteiger partial charge is 0.306 e. The van der Waals surface area contributed by atoms with Gasteiger partial charge in [0.05, 0.1) is 5.92 Å². The minimum absolute atomic E-state index is 0.289. The van der Waals surface area contributed by atoms with Gasteiger partial charge in [0.15, 0.2) is 0 Å². The van der Waals surface area contributed by atoms with Crippen molar-refractivity contribution in [3.8, 4) is 0 Å². The summed E-state index contributed by atoms with van der Waals surface area (Å²) in [6.07, 6.45) is 5.25. The lowest BCUT2D eigenvalue weighted by atomic mass is 9.95. The largest absolute Gasteiger partial charge is 0.481 e. The van der Waals surface area contributed by atoms with Gasteiger partial charge in [-0.15, -0.1) is 0 Å². The first-order valence-corrected chi connectivity index (χ1v) is 5.59. The normalized spacial score (nSPS) is 12.3. The van der Waals surface area contributed by atoms with Crippen molar-refractivity contribution in [1.82, 2.24) is 0 Å². The first-order valence-electron chi connectivity index (χ1n) is 5.59. The summed E-state index contributed by atoms with van der Waals surface area (Å²) in [6.45, 7) is 2.09. The van der Waals surface area contributed by atoms with Gasteiger partial charge in [-0.3, -0.25) is 9.59 Å². The average molecular weight is 215 g/mol. The lowest BCUT2D eigenvalue weighted by Gasteiger charge is -2.10. The molecule has 0 radical (unpaired) electrons. The molecule has 0 aliphatic carbocycles.